The van der Waals surface area contributed by atoms with E-state index in [9.17, 15) is 0 Å². The van der Waals surface area contributed by atoms with Gasteiger partial charge < -0.3 is 0 Å². The number of hydrogen-bond acceptors (Lipinski definition) is 4. The molecule has 7 aromatic carbocycles. The summed E-state index contributed by atoms with van der Waals surface area (Å²) in [5.74, 6) is 0.693. The molecule has 0 saturated heterocycles. The van der Waals surface area contributed by atoms with Gasteiger partial charge in [0.2, 0.25) is 5.95 Å². The second-order valence-corrected chi connectivity index (χ2v) is 14.3. The van der Waals surface area contributed by atoms with Gasteiger partial charge in [-0.15, -0.1) is 22.7 Å². The molecular weight excluding hydrogens is 611 g/mol. The van der Waals surface area contributed by atoms with Crippen LogP contribution in [0, 0.1) is 0 Å². The number of fused-ring (bicyclic) bond motifs is 12. The molecule has 0 saturated carbocycles. The first kappa shape index (κ1) is 25.6. The quantitative estimate of drug-likeness (QED) is 0.190. The summed E-state index contributed by atoms with van der Waals surface area (Å²) in [5, 5.41) is 11.1. The molecule has 0 bridgehead atoms. The summed E-state index contributed by atoms with van der Waals surface area (Å²) < 4.78 is 7.25. The van der Waals surface area contributed by atoms with Crippen molar-refractivity contribution in [2.45, 2.75) is 0 Å². The first-order chi connectivity index (χ1) is 23.3. The molecule has 0 fully saturated rings. The van der Waals surface area contributed by atoms with Gasteiger partial charge in [0, 0.05) is 52.0 Å². The van der Waals surface area contributed by atoms with Crippen LogP contribution in [0.4, 0.5) is 0 Å². The van der Waals surface area contributed by atoms with Crippen molar-refractivity contribution in [1.29, 1.82) is 0 Å². The average molecular weight is 634 g/mol. The van der Waals surface area contributed by atoms with Gasteiger partial charge in [0.25, 0.3) is 0 Å². The van der Waals surface area contributed by atoms with Crippen LogP contribution in [0.15, 0.2) is 140 Å². The zero-order valence-electron chi connectivity index (χ0n) is 24.9. The molecule has 0 atom stereocenters. The monoisotopic (exact) mass is 633 g/mol. The number of rotatable bonds is 2. The number of benzene rings is 7. The Labute approximate surface area is 276 Å². The molecule has 5 heteroatoms. The van der Waals surface area contributed by atoms with Crippen molar-refractivity contribution in [3.05, 3.63) is 140 Å². The first-order valence-electron chi connectivity index (χ1n) is 15.8. The van der Waals surface area contributed by atoms with Gasteiger partial charge in [0.15, 0.2) is 0 Å². The van der Waals surface area contributed by atoms with E-state index in [1.165, 1.54) is 57.2 Å². The zero-order chi connectivity index (χ0) is 30.6. The van der Waals surface area contributed by atoms with Gasteiger partial charge in [0.1, 0.15) is 0 Å². The highest BCUT2D eigenvalue weighted by atomic mass is 32.1. The third kappa shape index (κ3) is 3.55. The van der Waals surface area contributed by atoms with Gasteiger partial charge in [-0.2, -0.15) is 0 Å². The fraction of sp³-hybridized carbons (Fsp3) is 0. The Morgan fingerprint density at radius 1 is 0.426 bits per heavy atom. The van der Waals surface area contributed by atoms with E-state index < -0.39 is 0 Å². The lowest BCUT2D eigenvalue weighted by atomic mass is 10.0. The Kier molecular flexibility index (Phi) is 5.14. The van der Waals surface area contributed by atoms with Gasteiger partial charge in [0.05, 0.1) is 26.9 Å². The predicted octanol–water partition coefficient (Wildman–Crippen LogP) is 12.3. The Balaban J connectivity index is 1.30. The third-order valence-corrected chi connectivity index (χ3v) is 12.0. The molecule has 3 nitrogen and oxygen atoms in total. The van der Waals surface area contributed by atoms with Crippen LogP contribution in [0.3, 0.4) is 0 Å². The summed E-state index contributed by atoms with van der Waals surface area (Å²) in [6.45, 7) is 0. The molecule has 0 aliphatic rings. The molecule has 0 N–H and O–H groups in total. The molecule has 0 unspecified atom stereocenters. The number of para-hydroxylation sites is 1. The second kappa shape index (κ2) is 9.46. The van der Waals surface area contributed by atoms with Gasteiger partial charge >= 0.3 is 0 Å². The summed E-state index contributed by atoms with van der Waals surface area (Å²) in [6, 6.07) is 50.4. The van der Waals surface area contributed by atoms with E-state index in [0.29, 0.717) is 5.95 Å². The minimum atomic E-state index is 0.693. The van der Waals surface area contributed by atoms with Crippen LogP contribution < -0.4 is 0 Å². The van der Waals surface area contributed by atoms with Gasteiger partial charge in [-0.05, 0) is 46.5 Å². The van der Waals surface area contributed by atoms with Gasteiger partial charge in [-0.1, -0.05) is 109 Å². The van der Waals surface area contributed by atoms with Crippen LogP contribution >= 0.6 is 22.7 Å². The van der Waals surface area contributed by atoms with E-state index in [1.807, 2.05) is 11.3 Å². The van der Waals surface area contributed by atoms with Crippen LogP contribution in [0.2, 0.25) is 0 Å². The van der Waals surface area contributed by atoms with Crippen molar-refractivity contribution >= 4 is 106 Å². The lowest BCUT2D eigenvalue weighted by Crippen LogP contribution is -2.03. The second-order valence-electron chi connectivity index (χ2n) is 12.2. The Hall–Kier alpha value is -5.62. The van der Waals surface area contributed by atoms with E-state index in [-0.39, 0.29) is 0 Å². The van der Waals surface area contributed by atoms with E-state index in [4.69, 9.17) is 9.97 Å². The average Bonchev–Trinajstić information content (AvgIpc) is 3.80. The minimum Gasteiger partial charge on any atom is -0.278 e. The van der Waals surface area contributed by atoms with Crippen molar-refractivity contribution in [3.63, 3.8) is 0 Å². The largest absolute Gasteiger partial charge is 0.278 e. The molecule has 0 spiro atoms. The lowest BCUT2D eigenvalue weighted by Gasteiger charge is -2.12. The third-order valence-electron chi connectivity index (χ3n) is 9.60. The van der Waals surface area contributed by atoms with E-state index in [1.54, 1.807) is 11.3 Å². The highest BCUT2D eigenvalue weighted by Crippen LogP contribution is 2.44. The number of hydrogen-bond donors (Lipinski definition) is 0. The number of nitrogens with zero attached hydrogens (tertiary/aromatic N) is 3. The van der Waals surface area contributed by atoms with Gasteiger partial charge in [-0.25, -0.2) is 9.97 Å². The van der Waals surface area contributed by atoms with Crippen LogP contribution in [0.1, 0.15) is 0 Å². The van der Waals surface area contributed by atoms with Crippen molar-refractivity contribution < 1.29 is 0 Å². The fourth-order valence-corrected chi connectivity index (χ4v) is 9.85. The van der Waals surface area contributed by atoms with Crippen LogP contribution in [0.25, 0.3) is 101 Å². The molecule has 0 radical (unpaired) electrons. The molecular formula is C42H23N3S2. The smallest absolute Gasteiger partial charge is 0.235 e. The molecule has 47 heavy (non-hydrogen) atoms. The first-order valence-corrected chi connectivity index (χ1v) is 17.4. The Bertz CT molecular complexity index is 3080. The summed E-state index contributed by atoms with van der Waals surface area (Å²) in [5.41, 5.74) is 5.32. The Morgan fingerprint density at radius 3 is 2.02 bits per heavy atom. The number of thiophene rings is 2. The predicted molar refractivity (Wildman–Crippen MR) is 203 cm³/mol. The maximum Gasteiger partial charge on any atom is 0.235 e. The molecule has 0 amide bonds. The van der Waals surface area contributed by atoms with E-state index in [2.05, 4.69) is 144 Å². The summed E-state index contributed by atoms with van der Waals surface area (Å²) in [7, 11) is 0. The normalized spacial score (nSPS) is 12.3. The van der Waals surface area contributed by atoms with Crippen LogP contribution in [-0.4, -0.2) is 14.5 Å². The highest BCUT2D eigenvalue weighted by molar-refractivity contribution is 7.27. The molecule has 0 aliphatic carbocycles. The highest BCUT2D eigenvalue weighted by Gasteiger charge is 2.21. The van der Waals surface area contributed by atoms with E-state index >= 15 is 0 Å². The fourth-order valence-electron chi connectivity index (χ4n) is 7.48. The summed E-state index contributed by atoms with van der Waals surface area (Å²) >= 11 is 3.65. The van der Waals surface area contributed by atoms with Crippen molar-refractivity contribution in [3.8, 4) is 17.2 Å². The lowest BCUT2D eigenvalue weighted by molar-refractivity contribution is 1.02. The van der Waals surface area contributed by atoms with Crippen molar-refractivity contribution in [2.24, 2.45) is 0 Å². The van der Waals surface area contributed by atoms with Crippen LogP contribution in [0.5, 0.6) is 0 Å². The SMILES string of the molecule is c1ccc2c(-c3nc(-n4c5ccccc5c5cc6ccc7c8ccccc8sc7c6cc54)nc4c3sc3ccccc34)cccc2c1. The number of aromatic nitrogens is 3. The topological polar surface area (TPSA) is 30.7 Å². The van der Waals surface area contributed by atoms with E-state index in [0.717, 1.165) is 37.9 Å². The molecule has 218 valence electrons. The molecule has 4 aromatic heterocycles. The van der Waals surface area contributed by atoms with Crippen molar-refractivity contribution in [1.82, 2.24) is 14.5 Å². The Morgan fingerprint density at radius 2 is 1.13 bits per heavy atom. The molecule has 4 heterocycles. The van der Waals surface area contributed by atoms with Crippen LogP contribution in [-0.2, 0) is 0 Å². The maximum atomic E-state index is 5.50. The zero-order valence-corrected chi connectivity index (χ0v) is 26.6. The molecule has 11 rings (SSSR count). The summed E-state index contributed by atoms with van der Waals surface area (Å²) in [6.07, 6.45) is 0. The minimum absolute atomic E-state index is 0.693. The summed E-state index contributed by atoms with van der Waals surface area (Å²) in [4.78, 5) is 10.9. The molecule has 11 aromatic rings. The van der Waals surface area contributed by atoms with Gasteiger partial charge in [-0.3, -0.25) is 4.57 Å². The maximum absolute atomic E-state index is 5.50. The van der Waals surface area contributed by atoms with Crippen molar-refractivity contribution in [2.75, 3.05) is 0 Å². The standard InChI is InChI=1S/C42H23N3S2/c1-2-12-26-24(10-1)11-9-16-29(26)38-41-39(31-15-5-8-19-37(31)47-41)44-42(43-38)45-34-17-6-3-13-27(34)33-22-25-20-21-30-28-14-4-7-18-36(28)46-40(30)32(25)23-35(33)45/h1-23H. The molecule has 0 aliphatic heterocycles.